The molecule has 0 spiro atoms. The first kappa shape index (κ1) is 15.2. The fourth-order valence-electron chi connectivity index (χ4n) is 2.74. The number of piperidine rings is 1. The molecule has 0 amide bonds. The Balaban J connectivity index is 1.78. The highest BCUT2D eigenvalue weighted by Crippen LogP contribution is 2.20. The molecular formula is C15H18FN3O2S. The third kappa shape index (κ3) is 3.36. The molecule has 1 aromatic carbocycles. The van der Waals surface area contributed by atoms with Crippen molar-refractivity contribution in [1.29, 1.82) is 0 Å². The molecule has 0 radical (unpaired) electrons. The number of hydrogen-bond donors (Lipinski definition) is 1. The van der Waals surface area contributed by atoms with Crippen LogP contribution in [0.3, 0.4) is 0 Å². The van der Waals surface area contributed by atoms with Crippen molar-refractivity contribution in [2.24, 2.45) is 0 Å². The molecule has 0 saturated carbocycles. The zero-order chi connectivity index (χ0) is 15.7. The second-order valence-corrected chi connectivity index (χ2v) is 7.62. The van der Waals surface area contributed by atoms with Crippen LogP contribution >= 0.6 is 0 Å². The fourth-order valence-corrected chi connectivity index (χ4v) is 3.65. The van der Waals surface area contributed by atoms with Gasteiger partial charge in [0.05, 0.1) is 11.8 Å². The molecule has 1 fully saturated rings. The Morgan fingerprint density at radius 1 is 1.32 bits per heavy atom. The van der Waals surface area contributed by atoms with Crippen molar-refractivity contribution in [2.75, 3.05) is 24.7 Å². The Labute approximate surface area is 129 Å². The van der Waals surface area contributed by atoms with Gasteiger partial charge < -0.3 is 5.32 Å². The van der Waals surface area contributed by atoms with Crippen LogP contribution in [-0.4, -0.2) is 43.1 Å². The second-order valence-electron chi connectivity index (χ2n) is 5.64. The maximum Gasteiger partial charge on any atom is 0.211 e. The number of fused-ring (bicyclic) bond motifs is 1. The van der Waals surface area contributed by atoms with Gasteiger partial charge in [-0.1, -0.05) is 0 Å². The van der Waals surface area contributed by atoms with Crippen molar-refractivity contribution < 1.29 is 12.8 Å². The first-order valence-corrected chi connectivity index (χ1v) is 9.05. The lowest BCUT2D eigenvalue weighted by Gasteiger charge is -2.31. The molecule has 0 aliphatic carbocycles. The maximum absolute atomic E-state index is 13.3. The van der Waals surface area contributed by atoms with E-state index in [9.17, 15) is 12.8 Å². The van der Waals surface area contributed by atoms with E-state index < -0.39 is 10.0 Å². The normalized spacial score (nSPS) is 20.2. The summed E-state index contributed by atoms with van der Waals surface area (Å²) >= 11 is 0. The van der Waals surface area contributed by atoms with E-state index in [-0.39, 0.29) is 11.9 Å². The summed E-state index contributed by atoms with van der Waals surface area (Å²) in [5.74, 6) is 0.316. The van der Waals surface area contributed by atoms with E-state index in [0.29, 0.717) is 24.4 Å². The van der Waals surface area contributed by atoms with E-state index in [0.717, 1.165) is 18.2 Å². The highest BCUT2D eigenvalue weighted by molar-refractivity contribution is 7.88. The maximum atomic E-state index is 13.3. The lowest BCUT2D eigenvalue weighted by molar-refractivity contribution is 0.329. The monoisotopic (exact) mass is 323 g/mol. The molecule has 1 atom stereocenters. The Morgan fingerprint density at radius 3 is 2.86 bits per heavy atom. The molecule has 0 unspecified atom stereocenters. The van der Waals surface area contributed by atoms with Crippen molar-refractivity contribution in [2.45, 2.75) is 18.9 Å². The van der Waals surface area contributed by atoms with Gasteiger partial charge >= 0.3 is 0 Å². The topological polar surface area (TPSA) is 62.3 Å². The Bertz CT molecular complexity index is 794. The second kappa shape index (κ2) is 5.81. The predicted molar refractivity (Wildman–Crippen MR) is 84.8 cm³/mol. The minimum absolute atomic E-state index is 0.0157. The number of anilines is 1. The number of rotatable bonds is 3. The quantitative estimate of drug-likeness (QED) is 0.941. The van der Waals surface area contributed by atoms with Gasteiger partial charge in [-0.15, -0.1) is 0 Å². The van der Waals surface area contributed by atoms with Crippen molar-refractivity contribution in [3.05, 3.63) is 36.1 Å². The van der Waals surface area contributed by atoms with Crippen LogP contribution in [0.2, 0.25) is 0 Å². The summed E-state index contributed by atoms with van der Waals surface area (Å²) in [5.41, 5.74) is 0.584. The summed E-state index contributed by atoms with van der Waals surface area (Å²) < 4.78 is 38.0. The molecule has 22 heavy (non-hydrogen) atoms. The number of aromatic nitrogens is 1. The van der Waals surface area contributed by atoms with Gasteiger partial charge in [0.1, 0.15) is 11.6 Å². The van der Waals surface area contributed by atoms with E-state index in [1.807, 2.05) is 12.1 Å². The molecule has 3 rings (SSSR count). The van der Waals surface area contributed by atoms with E-state index in [1.165, 1.54) is 22.7 Å². The third-order valence-electron chi connectivity index (χ3n) is 3.86. The third-order valence-corrected chi connectivity index (χ3v) is 5.13. The number of nitrogens with zero attached hydrogens (tertiary/aromatic N) is 2. The largest absolute Gasteiger partial charge is 0.366 e. The number of nitrogens with one attached hydrogen (secondary N) is 1. The van der Waals surface area contributed by atoms with Crippen LogP contribution in [0.5, 0.6) is 0 Å². The molecule has 2 aromatic rings. The van der Waals surface area contributed by atoms with Gasteiger partial charge in [0.25, 0.3) is 0 Å². The summed E-state index contributed by atoms with van der Waals surface area (Å²) in [5, 5.41) is 4.12. The van der Waals surface area contributed by atoms with Gasteiger partial charge in [-0.25, -0.2) is 22.1 Å². The molecule has 7 heteroatoms. The van der Waals surface area contributed by atoms with Gasteiger partial charge in [-0.05, 0) is 37.1 Å². The Kier molecular flexibility index (Phi) is 4.01. The predicted octanol–water partition coefficient (Wildman–Crippen LogP) is 2.21. The van der Waals surface area contributed by atoms with Crippen LogP contribution in [0.1, 0.15) is 12.8 Å². The van der Waals surface area contributed by atoms with Crippen molar-refractivity contribution >= 4 is 26.7 Å². The summed E-state index contributed by atoms with van der Waals surface area (Å²) in [6, 6.07) is 8.21. The molecule has 1 aromatic heterocycles. The molecule has 0 bridgehead atoms. The molecule has 1 saturated heterocycles. The molecular weight excluding hydrogens is 305 g/mol. The van der Waals surface area contributed by atoms with Gasteiger partial charge in [-0.3, -0.25) is 0 Å². The average molecular weight is 323 g/mol. The summed E-state index contributed by atoms with van der Waals surface area (Å²) in [7, 11) is -3.17. The summed E-state index contributed by atoms with van der Waals surface area (Å²) in [4.78, 5) is 4.40. The van der Waals surface area contributed by atoms with Crippen LogP contribution in [0.15, 0.2) is 30.3 Å². The molecule has 1 aliphatic heterocycles. The Hall–Kier alpha value is -1.73. The number of sulfonamides is 1. The van der Waals surface area contributed by atoms with Gasteiger partial charge in [-0.2, -0.15) is 0 Å². The fraction of sp³-hybridized carbons (Fsp3) is 0.400. The highest BCUT2D eigenvalue weighted by atomic mass is 32.2. The van der Waals surface area contributed by atoms with Gasteiger partial charge in [0.2, 0.25) is 10.0 Å². The number of halogens is 1. The molecule has 1 aliphatic rings. The van der Waals surface area contributed by atoms with Crippen LogP contribution in [0.4, 0.5) is 10.2 Å². The number of benzene rings is 1. The minimum atomic E-state index is -3.17. The molecule has 5 nitrogen and oxygen atoms in total. The average Bonchev–Trinajstić information content (AvgIpc) is 2.46. The zero-order valence-electron chi connectivity index (χ0n) is 12.3. The van der Waals surface area contributed by atoms with Crippen LogP contribution < -0.4 is 5.32 Å². The van der Waals surface area contributed by atoms with Crippen LogP contribution in [0, 0.1) is 5.82 Å². The van der Waals surface area contributed by atoms with E-state index >= 15 is 0 Å². The summed E-state index contributed by atoms with van der Waals surface area (Å²) in [6.07, 6.45) is 2.92. The molecule has 1 N–H and O–H groups in total. The molecule has 118 valence electrons. The molecule has 2 heterocycles. The number of hydrogen-bond acceptors (Lipinski definition) is 4. The van der Waals surface area contributed by atoms with Crippen molar-refractivity contribution in [1.82, 2.24) is 9.29 Å². The first-order valence-electron chi connectivity index (χ1n) is 7.20. The Morgan fingerprint density at radius 2 is 2.09 bits per heavy atom. The lowest BCUT2D eigenvalue weighted by atomic mass is 10.1. The van der Waals surface area contributed by atoms with Gasteiger partial charge in [0, 0.05) is 30.6 Å². The highest BCUT2D eigenvalue weighted by Gasteiger charge is 2.25. The minimum Gasteiger partial charge on any atom is -0.366 e. The van der Waals surface area contributed by atoms with E-state index in [1.54, 1.807) is 6.07 Å². The standard InChI is InChI=1S/C15H18FN3O2S/c1-22(20,21)19-8-2-3-13(10-19)17-15-7-5-11-4-6-12(16)9-14(11)18-15/h4-7,9,13H,2-3,8,10H2,1H3,(H,17,18)/t13-/m0/s1. The SMILES string of the molecule is CS(=O)(=O)N1CCC[C@H](Nc2ccc3ccc(F)cc3n2)C1. The van der Waals surface area contributed by atoms with Crippen molar-refractivity contribution in [3.63, 3.8) is 0 Å². The van der Waals surface area contributed by atoms with Gasteiger partial charge in [0.15, 0.2) is 0 Å². The van der Waals surface area contributed by atoms with E-state index in [2.05, 4.69) is 10.3 Å². The first-order chi connectivity index (χ1) is 10.4. The van der Waals surface area contributed by atoms with Crippen molar-refractivity contribution in [3.8, 4) is 0 Å². The van der Waals surface area contributed by atoms with Crippen LogP contribution in [-0.2, 0) is 10.0 Å². The summed E-state index contributed by atoms with van der Waals surface area (Å²) in [6.45, 7) is 0.995. The zero-order valence-corrected chi connectivity index (χ0v) is 13.1. The number of pyridine rings is 1. The lowest BCUT2D eigenvalue weighted by Crippen LogP contribution is -2.44. The smallest absolute Gasteiger partial charge is 0.211 e. The van der Waals surface area contributed by atoms with E-state index in [4.69, 9.17) is 0 Å². The van der Waals surface area contributed by atoms with Crippen LogP contribution in [0.25, 0.3) is 10.9 Å².